The molecule has 0 aliphatic carbocycles. The summed E-state index contributed by atoms with van der Waals surface area (Å²) in [5.41, 5.74) is 0.764. The van der Waals surface area contributed by atoms with Gasteiger partial charge in [-0.15, -0.1) is 11.3 Å². The summed E-state index contributed by atoms with van der Waals surface area (Å²) < 4.78 is 14.0. The van der Waals surface area contributed by atoms with Crippen LogP contribution in [0.25, 0.3) is 0 Å². The van der Waals surface area contributed by atoms with Crippen LogP contribution in [0.15, 0.2) is 30.9 Å². The maximum absolute atomic E-state index is 10.6. The van der Waals surface area contributed by atoms with Gasteiger partial charge in [-0.1, -0.05) is 15.9 Å². The third-order valence-electron chi connectivity index (χ3n) is 3.10. The molecule has 3 nitrogen and oxygen atoms in total. The molecule has 112 valence electrons. The second-order valence-corrected chi connectivity index (χ2v) is 8.65. The van der Waals surface area contributed by atoms with Crippen LogP contribution in [0.1, 0.15) is 23.0 Å². The Morgan fingerprint density at radius 2 is 1.67 bits per heavy atom. The van der Waals surface area contributed by atoms with E-state index in [9.17, 15) is 5.11 Å². The second-order valence-electron chi connectivity index (χ2n) is 4.54. The van der Waals surface area contributed by atoms with Crippen LogP contribution in [0, 0.1) is 0 Å². The van der Waals surface area contributed by atoms with Gasteiger partial charge in [-0.05, 0) is 50.1 Å². The summed E-state index contributed by atoms with van der Waals surface area (Å²) in [5.74, 6) is 1.39. The fourth-order valence-electron chi connectivity index (χ4n) is 2.06. The first-order valence-electron chi connectivity index (χ1n) is 6.28. The molecule has 0 fully saturated rings. The van der Waals surface area contributed by atoms with Gasteiger partial charge in [0, 0.05) is 25.8 Å². The molecule has 1 unspecified atom stereocenters. The number of ether oxygens (including phenoxy) is 2. The van der Waals surface area contributed by atoms with Crippen LogP contribution < -0.4 is 9.47 Å². The lowest BCUT2D eigenvalue weighted by molar-refractivity contribution is 0.222. The lowest BCUT2D eigenvalue weighted by Crippen LogP contribution is -2.00. The highest BCUT2D eigenvalue weighted by atomic mass is 79.9. The molecule has 0 amide bonds. The van der Waals surface area contributed by atoms with Gasteiger partial charge in [-0.3, -0.25) is 0 Å². The average Bonchev–Trinajstić information content (AvgIpc) is 2.66. The van der Waals surface area contributed by atoms with Crippen molar-refractivity contribution in [3.63, 3.8) is 0 Å². The van der Waals surface area contributed by atoms with Gasteiger partial charge in [0.2, 0.25) is 0 Å². The molecule has 7 heteroatoms. The van der Waals surface area contributed by atoms with Gasteiger partial charge in [0.15, 0.2) is 11.5 Å². The maximum Gasteiger partial charge on any atom is 0.162 e. The molecule has 0 radical (unpaired) electrons. The first kappa shape index (κ1) is 15.8. The minimum absolute atomic E-state index is 0.625. The van der Waals surface area contributed by atoms with Gasteiger partial charge in [0.05, 0.1) is 17.0 Å². The molecule has 3 rings (SSSR count). The molecule has 1 aliphatic heterocycles. The van der Waals surface area contributed by atoms with Crippen molar-refractivity contribution in [2.24, 2.45) is 0 Å². The van der Waals surface area contributed by atoms with Crippen LogP contribution in [0.4, 0.5) is 0 Å². The summed E-state index contributed by atoms with van der Waals surface area (Å²) in [4.78, 5) is 0.851. The van der Waals surface area contributed by atoms with E-state index in [4.69, 9.17) is 9.47 Å². The van der Waals surface area contributed by atoms with Crippen molar-refractivity contribution in [2.75, 3.05) is 13.2 Å². The van der Waals surface area contributed by atoms with E-state index >= 15 is 0 Å². The van der Waals surface area contributed by atoms with Crippen molar-refractivity contribution in [1.29, 1.82) is 0 Å². The van der Waals surface area contributed by atoms with Crippen LogP contribution >= 0.6 is 59.1 Å². The number of fused-ring (bicyclic) bond motifs is 1. The number of halogens is 3. The molecule has 0 spiro atoms. The zero-order chi connectivity index (χ0) is 15.0. The predicted octanol–water partition coefficient (Wildman–Crippen LogP) is 5.28. The topological polar surface area (TPSA) is 38.7 Å². The highest BCUT2D eigenvalue weighted by Gasteiger charge is 2.21. The summed E-state index contributed by atoms with van der Waals surface area (Å²) >= 11 is 11.9. The number of thiophene rings is 1. The first-order valence-corrected chi connectivity index (χ1v) is 9.47. The van der Waals surface area contributed by atoms with E-state index < -0.39 is 6.10 Å². The minimum Gasteiger partial charge on any atom is -0.490 e. The number of hydrogen-bond acceptors (Lipinski definition) is 4. The van der Waals surface area contributed by atoms with E-state index in [0.717, 1.165) is 29.6 Å². The fourth-order valence-corrected chi connectivity index (χ4v) is 4.69. The molecule has 1 aromatic heterocycles. The lowest BCUT2D eigenvalue weighted by Gasteiger charge is -2.15. The Kier molecular flexibility index (Phi) is 4.95. The zero-order valence-corrected chi connectivity index (χ0v) is 16.3. The van der Waals surface area contributed by atoms with Gasteiger partial charge in [0.1, 0.15) is 6.10 Å². The summed E-state index contributed by atoms with van der Waals surface area (Å²) in [6.45, 7) is 1.27. The van der Waals surface area contributed by atoms with Crippen LogP contribution in [0.2, 0.25) is 0 Å². The van der Waals surface area contributed by atoms with E-state index in [1.165, 1.54) is 11.3 Å². The van der Waals surface area contributed by atoms with Crippen molar-refractivity contribution in [2.45, 2.75) is 12.5 Å². The number of rotatable bonds is 2. The van der Waals surface area contributed by atoms with E-state index in [2.05, 4.69) is 47.8 Å². The van der Waals surface area contributed by atoms with Crippen molar-refractivity contribution < 1.29 is 14.6 Å². The fraction of sp³-hybridized carbons (Fsp3) is 0.286. The molecule has 1 atom stereocenters. The Morgan fingerprint density at radius 1 is 1.00 bits per heavy atom. The molecular weight excluding hydrogens is 488 g/mol. The van der Waals surface area contributed by atoms with E-state index in [1.807, 2.05) is 18.2 Å². The second kappa shape index (κ2) is 6.58. The van der Waals surface area contributed by atoms with Gasteiger partial charge in [0.25, 0.3) is 0 Å². The van der Waals surface area contributed by atoms with Crippen molar-refractivity contribution >= 4 is 59.1 Å². The van der Waals surface area contributed by atoms with Crippen LogP contribution in [0.3, 0.4) is 0 Å². The van der Waals surface area contributed by atoms with Gasteiger partial charge in [-0.25, -0.2) is 0 Å². The Hall–Kier alpha value is -0.0800. The quantitative estimate of drug-likeness (QED) is 0.612. The Bertz CT molecular complexity index is 652. The molecule has 0 saturated carbocycles. The molecule has 0 saturated heterocycles. The molecular formula is C14H11Br3O3S. The number of aliphatic hydroxyl groups is 1. The van der Waals surface area contributed by atoms with Crippen molar-refractivity contribution in [1.82, 2.24) is 0 Å². The van der Waals surface area contributed by atoms with E-state index in [0.29, 0.717) is 24.7 Å². The number of hydrogen-bond donors (Lipinski definition) is 1. The third-order valence-corrected chi connectivity index (χ3v) is 7.09. The lowest BCUT2D eigenvalue weighted by atomic mass is 10.1. The summed E-state index contributed by atoms with van der Waals surface area (Å²) in [7, 11) is 0. The van der Waals surface area contributed by atoms with E-state index in [-0.39, 0.29) is 0 Å². The SMILES string of the molecule is OC(c1cc(Br)c(Br)s1)c1cc2c(cc1Br)OCCCO2. The highest BCUT2D eigenvalue weighted by Crippen LogP contribution is 2.42. The summed E-state index contributed by atoms with van der Waals surface area (Å²) in [5, 5.41) is 10.6. The smallest absolute Gasteiger partial charge is 0.162 e. The molecule has 1 aromatic carbocycles. The number of aliphatic hydroxyl groups excluding tert-OH is 1. The van der Waals surface area contributed by atoms with Gasteiger partial charge >= 0.3 is 0 Å². The summed E-state index contributed by atoms with van der Waals surface area (Å²) in [6, 6.07) is 5.61. The van der Waals surface area contributed by atoms with Crippen LogP contribution in [-0.4, -0.2) is 18.3 Å². The molecule has 0 bridgehead atoms. The highest BCUT2D eigenvalue weighted by molar-refractivity contribution is 9.13. The van der Waals surface area contributed by atoms with Gasteiger partial charge in [-0.2, -0.15) is 0 Å². The molecule has 2 heterocycles. The van der Waals surface area contributed by atoms with Crippen molar-refractivity contribution in [3.05, 3.63) is 41.4 Å². The Morgan fingerprint density at radius 3 is 2.29 bits per heavy atom. The average molecular weight is 499 g/mol. The standard InChI is InChI=1S/C14H11Br3O3S/c15-8-5-11-10(19-2-1-3-20-11)4-7(8)13(18)12-6-9(16)14(17)21-12/h4-6,13,18H,1-3H2. The molecule has 1 aliphatic rings. The largest absolute Gasteiger partial charge is 0.490 e. The Balaban J connectivity index is 1.99. The Labute approximate surface area is 151 Å². The van der Waals surface area contributed by atoms with Crippen LogP contribution in [-0.2, 0) is 0 Å². The zero-order valence-electron chi connectivity index (χ0n) is 10.7. The predicted molar refractivity (Wildman–Crippen MR) is 93.5 cm³/mol. The molecule has 2 aromatic rings. The minimum atomic E-state index is -0.718. The first-order chi connectivity index (χ1) is 10.1. The summed E-state index contributed by atoms with van der Waals surface area (Å²) in [6.07, 6.45) is 0.138. The third kappa shape index (κ3) is 3.32. The van der Waals surface area contributed by atoms with Crippen molar-refractivity contribution in [3.8, 4) is 11.5 Å². The van der Waals surface area contributed by atoms with Gasteiger partial charge < -0.3 is 14.6 Å². The normalized spacial score (nSPS) is 15.6. The number of benzene rings is 1. The molecule has 21 heavy (non-hydrogen) atoms. The molecule has 1 N–H and O–H groups in total. The van der Waals surface area contributed by atoms with E-state index in [1.54, 1.807) is 0 Å². The maximum atomic E-state index is 10.6. The van der Waals surface area contributed by atoms with Crippen LogP contribution in [0.5, 0.6) is 11.5 Å². The monoisotopic (exact) mass is 496 g/mol.